The van der Waals surface area contributed by atoms with Crippen LogP contribution < -0.4 is 5.73 Å². The molecular weight excluding hydrogens is 202 g/mol. The summed E-state index contributed by atoms with van der Waals surface area (Å²) in [4.78, 5) is 9.01. The van der Waals surface area contributed by atoms with Crippen molar-refractivity contribution in [2.75, 3.05) is 13.7 Å². The summed E-state index contributed by atoms with van der Waals surface area (Å²) in [6, 6.07) is 0. The van der Waals surface area contributed by atoms with Gasteiger partial charge >= 0.3 is 0 Å². The van der Waals surface area contributed by atoms with Crippen molar-refractivity contribution >= 4 is 0 Å². The minimum atomic E-state index is -0.448. The Labute approximate surface area is 97.2 Å². The van der Waals surface area contributed by atoms with Crippen molar-refractivity contribution in [3.05, 3.63) is 22.8 Å². The third-order valence-corrected chi connectivity index (χ3v) is 2.86. The van der Waals surface area contributed by atoms with E-state index in [9.17, 15) is 0 Å². The zero-order valence-corrected chi connectivity index (χ0v) is 10.8. The number of methoxy groups -OCH3 is 1. The van der Waals surface area contributed by atoms with E-state index < -0.39 is 5.60 Å². The van der Waals surface area contributed by atoms with E-state index in [0.29, 0.717) is 6.54 Å². The first-order valence-corrected chi connectivity index (χ1v) is 5.52. The Morgan fingerprint density at radius 3 is 2.06 bits per heavy atom. The van der Waals surface area contributed by atoms with Crippen molar-refractivity contribution in [2.45, 2.75) is 39.7 Å². The van der Waals surface area contributed by atoms with Crippen LogP contribution in [0.3, 0.4) is 0 Å². The van der Waals surface area contributed by atoms with Crippen molar-refractivity contribution in [3.8, 4) is 0 Å². The second kappa shape index (κ2) is 4.89. The van der Waals surface area contributed by atoms with E-state index in [1.807, 2.05) is 27.7 Å². The minimum Gasteiger partial charge on any atom is -0.371 e. The van der Waals surface area contributed by atoms with E-state index in [4.69, 9.17) is 10.5 Å². The van der Waals surface area contributed by atoms with Crippen LogP contribution >= 0.6 is 0 Å². The fraction of sp³-hybridized carbons (Fsp3) is 0.667. The lowest BCUT2D eigenvalue weighted by Crippen LogP contribution is -2.24. The average Bonchev–Trinajstić information content (AvgIpc) is 2.23. The molecule has 90 valence electrons. The van der Waals surface area contributed by atoms with Gasteiger partial charge in [-0.15, -0.1) is 0 Å². The number of ether oxygens (including phenoxy) is 1. The standard InChI is InChI=1S/C12H21N3O/c1-8-10(6-7-13)9(2)15-11(14-8)12(3,4)16-5/h6-7,13H2,1-5H3. The van der Waals surface area contributed by atoms with Gasteiger partial charge in [0.05, 0.1) is 0 Å². The predicted octanol–water partition coefficient (Wildman–Crippen LogP) is 1.48. The molecule has 0 saturated carbocycles. The molecule has 0 bridgehead atoms. The lowest BCUT2D eigenvalue weighted by molar-refractivity contribution is 0.0111. The van der Waals surface area contributed by atoms with Crippen LogP contribution in [0.25, 0.3) is 0 Å². The van der Waals surface area contributed by atoms with Gasteiger partial charge in [0.25, 0.3) is 0 Å². The van der Waals surface area contributed by atoms with Crippen molar-refractivity contribution in [1.82, 2.24) is 9.97 Å². The molecule has 0 radical (unpaired) electrons. The van der Waals surface area contributed by atoms with E-state index in [-0.39, 0.29) is 0 Å². The molecular formula is C12H21N3O. The molecule has 0 amide bonds. The summed E-state index contributed by atoms with van der Waals surface area (Å²) in [6.45, 7) is 8.54. The maximum absolute atomic E-state index is 5.57. The Morgan fingerprint density at radius 2 is 1.69 bits per heavy atom. The molecule has 1 heterocycles. The SMILES string of the molecule is COC(C)(C)c1nc(C)c(CCN)c(C)n1. The van der Waals surface area contributed by atoms with E-state index in [0.717, 1.165) is 29.2 Å². The molecule has 2 N–H and O–H groups in total. The van der Waals surface area contributed by atoms with Crippen molar-refractivity contribution in [3.63, 3.8) is 0 Å². The number of hydrogen-bond donors (Lipinski definition) is 1. The van der Waals surface area contributed by atoms with Gasteiger partial charge in [-0.1, -0.05) is 0 Å². The maximum Gasteiger partial charge on any atom is 0.160 e. The molecule has 0 aliphatic rings. The van der Waals surface area contributed by atoms with Gasteiger partial charge in [-0.3, -0.25) is 0 Å². The topological polar surface area (TPSA) is 61.0 Å². The highest BCUT2D eigenvalue weighted by Gasteiger charge is 2.24. The predicted molar refractivity (Wildman–Crippen MR) is 64.3 cm³/mol. The number of aromatic nitrogens is 2. The Kier molecular flexibility index (Phi) is 3.99. The molecule has 4 heteroatoms. The highest BCUT2D eigenvalue weighted by molar-refractivity contribution is 5.25. The fourth-order valence-electron chi connectivity index (χ4n) is 1.61. The van der Waals surface area contributed by atoms with Crippen molar-refractivity contribution < 1.29 is 4.74 Å². The van der Waals surface area contributed by atoms with Crippen LogP contribution in [0.2, 0.25) is 0 Å². The van der Waals surface area contributed by atoms with Gasteiger partial charge in [0.2, 0.25) is 0 Å². The molecule has 16 heavy (non-hydrogen) atoms. The van der Waals surface area contributed by atoms with Gasteiger partial charge in [0.15, 0.2) is 5.82 Å². The summed E-state index contributed by atoms with van der Waals surface area (Å²) < 4.78 is 5.38. The van der Waals surface area contributed by atoms with Crippen LogP contribution in [0.15, 0.2) is 0 Å². The van der Waals surface area contributed by atoms with E-state index in [1.165, 1.54) is 0 Å². The number of rotatable bonds is 4. The van der Waals surface area contributed by atoms with Gasteiger partial charge in [0, 0.05) is 18.5 Å². The second-order valence-electron chi connectivity index (χ2n) is 4.45. The summed E-state index contributed by atoms with van der Waals surface area (Å²) in [5.41, 5.74) is 8.27. The average molecular weight is 223 g/mol. The first kappa shape index (κ1) is 13.1. The third kappa shape index (κ3) is 2.57. The molecule has 4 nitrogen and oxygen atoms in total. The first-order chi connectivity index (χ1) is 7.42. The Hall–Kier alpha value is -1.00. The summed E-state index contributed by atoms with van der Waals surface area (Å²) in [7, 11) is 1.67. The summed E-state index contributed by atoms with van der Waals surface area (Å²) in [5, 5.41) is 0. The second-order valence-corrected chi connectivity index (χ2v) is 4.45. The van der Waals surface area contributed by atoms with E-state index >= 15 is 0 Å². The monoisotopic (exact) mass is 223 g/mol. The van der Waals surface area contributed by atoms with Crippen LogP contribution in [-0.2, 0) is 16.8 Å². The van der Waals surface area contributed by atoms with Gasteiger partial charge in [0.1, 0.15) is 5.60 Å². The number of hydrogen-bond acceptors (Lipinski definition) is 4. The molecule has 0 saturated heterocycles. The molecule has 1 aromatic rings. The van der Waals surface area contributed by atoms with Crippen LogP contribution in [0.5, 0.6) is 0 Å². The molecule has 0 aromatic carbocycles. The van der Waals surface area contributed by atoms with Crippen molar-refractivity contribution in [2.24, 2.45) is 5.73 Å². The van der Waals surface area contributed by atoms with Crippen LogP contribution in [0.4, 0.5) is 0 Å². The summed E-state index contributed by atoms with van der Waals surface area (Å²) in [6.07, 6.45) is 0.825. The van der Waals surface area contributed by atoms with Crippen LogP contribution in [-0.4, -0.2) is 23.6 Å². The van der Waals surface area contributed by atoms with Crippen LogP contribution in [0.1, 0.15) is 36.6 Å². The van der Waals surface area contributed by atoms with E-state index in [1.54, 1.807) is 7.11 Å². The number of nitrogens with two attached hydrogens (primary N) is 1. The van der Waals surface area contributed by atoms with Gasteiger partial charge < -0.3 is 10.5 Å². The van der Waals surface area contributed by atoms with Crippen LogP contribution in [0, 0.1) is 13.8 Å². The Balaban J connectivity index is 3.19. The van der Waals surface area contributed by atoms with Gasteiger partial charge in [-0.2, -0.15) is 0 Å². The lowest BCUT2D eigenvalue weighted by Gasteiger charge is -2.22. The van der Waals surface area contributed by atoms with Gasteiger partial charge in [-0.25, -0.2) is 9.97 Å². The highest BCUT2D eigenvalue weighted by atomic mass is 16.5. The number of aryl methyl sites for hydroxylation is 2. The molecule has 0 aliphatic carbocycles. The van der Waals surface area contributed by atoms with E-state index in [2.05, 4.69) is 9.97 Å². The Morgan fingerprint density at radius 1 is 1.19 bits per heavy atom. The maximum atomic E-state index is 5.57. The molecule has 0 unspecified atom stereocenters. The zero-order chi connectivity index (χ0) is 12.3. The smallest absolute Gasteiger partial charge is 0.160 e. The molecule has 0 spiro atoms. The lowest BCUT2D eigenvalue weighted by atomic mass is 10.1. The minimum absolute atomic E-state index is 0.448. The third-order valence-electron chi connectivity index (χ3n) is 2.86. The zero-order valence-electron chi connectivity index (χ0n) is 10.8. The quantitative estimate of drug-likeness (QED) is 0.839. The number of nitrogens with zero attached hydrogens (tertiary/aromatic N) is 2. The molecule has 0 aliphatic heterocycles. The Bertz CT molecular complexity index is 352. The van der Waals surface area contributed by atoms with Gasteiger partial charge in [-0.05, 0) is 46.2 Å². The molecule has 1 rings (SSSR count). The first-order valence-electron chi connectivity index (χ1n) is 5.52. The normalized spacial score (nSPS) is 11.9. The summed E-state index contributed by atoms with van der Waals surface area (Å²) in [5.74, 6) is 0.728. The van der Waals surface area contributed by atoms with Crippen molar-refractivity contribution in [1.29, 1.82) is 0 Å². The highest BCUT2D eigenvalue weighted by Crippen LogP contribution is 2.22. The molecule has 1 aromatic heterocycles. The largest absolute Gasteiger partial charge is 0.371 e. The fourth-order valence-corrected chi connectivity index (χ4v) is 1.61. The summed E-state index contributed by atoms with van der Waals surface area (Å²) >= 11 is 0. The molecule has 0 atom stereocenters. The molecule has 0 fully saturated rings.